The van der Waals surface area contributed by atoms with Crippen molar-refractivity contribution in [1.82, 2.24) is 5.32 Å². The molecule has 4 nitrogen and oxygen atoms in total. The minimum absolute atomic E-state index is 0.202. The van der Waals surface area contributed by atoms with Gasteiger partial charge in [0.05, 0.1) is 0 Å². The van der Waals surface area contributed by atoms with E-state index < -0.39 is 0 Å². The molecule has 78 valence electrons. The Morgan fingerprint density at radius 3 is 2.46 bits per heavy atom. The quantitative estimate of drug-likeness (QED) is 0.292. The van der Waals surface area contributed by atoms with Crippen LogP contribution in [0, 0.1) is 0 Å². The molecule has 0 aromatic carbocycles. The van der Waals surface area contributed by atoms with Crippen molar-refractivity contribution in [3.63, 3.8) is 0 Å². The number of nitrogens with one attached hydrogen (secondary N) is 1. The predicted octanol–water partition coefficient (Wildman–Crippen LogP) is 0.430. The summed E-state index contributed by atoms with van der Waals surface area (Å²) >= 11 is 0. The normalized spacial score (nSPS) is 9.92. The highest BCUT2D eigenvalue weighted by molar-refractivity contribution is 5.75. The predicted molar refractivity (Wildman–Crippen MR) is 57.7 cm³/mol. The van der Waals surface area contributed by atoms with Crippen molar-refractivity contribution < 1.29 is 0 Å². The molecule has 0 aliphatic rings. The van der Waals surface area contributed by atoms with E-state index in [9.17, 15) is 0 Å². The average Bonchev–Trinajstić information content (AvgIpc) is 2.09. The Morgan fingerprint density at radius 1 is 1.15 bits per heavy atom. The smallest absolute Gasteiger partial charge is 0.185 e. The fourth-order valence-electron chi connectivity index (χ4n) is 1.10. The minimum Gasteiger partial charge on any atom is -0.370 e. The SMILES string of the molecule is CCNCCCCCCN=C(N)N. The first-order valence-electron chi connectivity index (χ1n) is 5.03. The highest BCUT2D eigenvalue weighted by Gasteiger charge is 1.89. The van der Waals surface area contributed by atoms with E-state index in [0.29, 0.717) is 0 Å². The highest BCUT2D eigenvalue weighted by Crippen LogP contribution is 1.98. The topological polar surface area (TPSA) is 76.4 Å². The molecule has 0 radical (unpaired) electrons. The van der Waals surface area contributed by atoms with Crippen LogP contribution >= 0.6 is 0 Å². The molecular formula is C9H22N4. The molecule has 0 atom stereocenters. The molecule has 0 unspecified atom stereocenters. The highest BCUT2D eigenvalue weighted by atomic mass is 15.0. The molecule has 0 aromatic rings. The Hall–Kier alpha value is -0.770. The zero-order valence-electron chi connectivity index (χ0n) is 8.55. The largest absolute Gasteiger partial charge is 0.370 e. The number of hydrogen-bond acceptors (Lipinski definition) is 2. The summed E-state index contributed by atoms with van der Waals surface area (Å²) in [5.41, 5.74) is 10.4. The third kappa shape index (κ3) is 11.2. The van der Waals surface area contributed by atoms with Gasteiger partial charge >= 0.3 is 0 Å². The van der Waals surface area contributed by atoms with Gasteiger partial charge in [-0.3, -0.25) is 4.99 Å². The number of rotatable bonds is 8. The lowest BCUT2D eigenvalue weighted by molar-refractivity contribution is 0.602. The maximum Gasteiger partial charge on any atom is 0.185 e. The lowest BCUT2D eigenvalue weighted by Gasteiger charge is -2.00. The first-order valence-corrected chi connectivity index (χ1v) is 5.03. The molecule has 0 spiro atoms. The Labute approximate surface area is 80.8 Å². The molecule has 0 heterocycles. The van der Waals surface area contributed by atoms with Crippen LogP contribution in [0.25, 0.3) is 0 Å². The average molecular weight is 186 g/mol. The number of guanidine groups is 1. The van der Waals surface area contributed by atoms with Crippen LogP contribution in [0.4, 0.5) is 0 Å². The summed E-state index contributed by atoms with van der Waals surface area (Å²) in [7, 11) is 0. The third-order valence-electron chi connectivity index (χ3n) is 1.81. The maximum atomic E-state index is 5.19. The van der Waals surface area contributed by atoms with Crippen molar-refractivity contribution in [3.05, 3.63) is 0 Å². The standard InChI is InChI=1S/C9H22N4/c1-2-12-7-5-3-4-6-8-13-9(10)11/h12H,2-8H2,1H3,(H4,10,11,13). The molecule has 0 amide bonds. The summed E-state index contributed by atoms with van der Waals surface area (Å²) in [5.74, 6) is 0.202. The van der Waals surface area contributed by atoms with Crippen molar-refractivity contribution in [2.75, 3.05) is 19.6 Å². The Balaban J connectivity index is 2.96. The van der Waals surface area contributed by atoms with Crippen molar-refractivity contribution in [2.24, 2.45) is 16.5 Å². The molecule has 0 saturated carbocycles. The van der Waals surface area contributed by atoms with Crippen LogP contribution in [0.1, 0.15) is 32.6 Å². The molecule has 0 bridgehead atoms. The van der Waals surface area contributed by atoms with E-state index in [1.165, 1.54) is 19.3 Å². The van der Waals surface area contributed by atoms with Crippen molar-refractivity contribution in [1.29, 1.82) is 0 Å². The molecular weight excluding hydrogens is 164 g/mol. The van der Waals surface area contributed by atoms with Gasteiger partial charge in [0.2, 0.25) is 0 Å². The van der Waals surface area contributed by atoms with E-state index in [-0.39, 0.29) is 5.96 Å². The second-order valence-corrected chi connectivity index (χ2v) is 3.07. The molecule has 0 aliphatic heterocycles. The maximum absolute atomic E-state index is 5.19. The lowest BCUT2D eigenvalue weighted by Crippen LogP contribution is -2.22. The fourth-order valence-corrected chi connectivity index (χ4v) is 1.10. The second kappa shape index (κ2) is 9.32. The fraction of sp³-hybridized carbons (Fsp3) is 0.889. The molecule has 0 aliphatic carbocycles. The lowest BCUT2D eigenvalue weighted by atomic mass is 10.2. The van der Waals surface area contributed by atoms with Crippen LogP contribution in [0.3, 0.4) is 0 Å². The van der Waals surface area contributed by atoms with E-state index in [2.05, 4.69) is 17.2 Å². The van der Waals surface area contributed by atoms with Gasteiger partial charge < -0.3 is 16.8 Å². The Morgan fingerprint density at radius 2 is 1.85 bits per heavy atom. The summed E-state index contributed by atoms with van der Waals surface area (Å²) in [6.45, 7) is 5.08. The number of nitrogens with two attached hydrogens (primary N) is 2. The second-order valence-electron chi connectivity index (χ2n) is 3.07. The van der Waals surface area contributed by atoms with Crippen molar-refractivity contribution >= 4 is 5.96 Å². The summed E-state index contributed by atoms with van der Waals surface area (Å²) in [6.07, 6.45) is 4.80. The van der Waals surface area contributed by atoms with Gasteiger partial charge in [0.25, 0.3) is 0 Å². The number of hydrogen-bond donors (Lipinski definition) is 3. The monoisotopic (exact) mass is 186 g/mol. The zero-order chi connectivity index (χ0) is 9.94. The van der Waals surface area contributed by atoms with E-state index in [1.807, 2.05) is 0 Å². The van der Waals surface area contributed by atoms with Gasteiger partial charge in [0.15, 0.2) is 5.96 Å². The van der Waals surface area contributed by atoms with Crippen LogP contribution in [0.15, 0.2) is 4.99 Å². The van der Waals surface area contributed by atoms with Gasteiger partial charge in [0, 0.05) is 6.54 Å². The van der Waals surface area contributed by atoms with Crippen LogP contribution in [0.5, 0.6) is 0 Å². The zero-order valence-corrected chi connectivity index (χ0v) is 8.55. The van der Waals surface area contributed by atoms with E-state index >= 15 is 0 Å². The van der Waals surface area contributed by atoms with Crippen LogP contribution in [-0.2, 0) is 0 Å². The first kappa shape index (κ1) is 12.2. The summed E-state index contributed by atoms with van der Waals surface area (Å²) < 4.78 is 0. The van der Waals surface area contributed by atoms with Crippen LogP contribution in [-0.4, -0.2) is 25.6 Å². The van der Waals surface area contributed by atoms with E-state index in [1.54, 1.807) is 0 Å². The Bertz CT molecular complexity index is 130. The number of aliphatic imine (C=N–C) groups is 1. The molecule has 13 heavy (non-hydrogen) atoms. The summed E-state index contributed by atoms with van der Waals surface area (Å²) in [4.78, 5) is 3.92. The molecule has 0 aromatic heterocycles. The van der Waals surface area contributed by atoms with Gasteiger partial charge in [-0.25, -0.2) is 0 Å². The van der Waals surface area contributed by atoms with Gasteiger partial charge in [-0.15, -0.1) is 0 Å². The summed E-state index contributed by atoms with van der Waals surface area (Å²) in [5, 5.41) is 3.29. The van der Waals surface area contributed by atoms with Crippen LogP contribution in [0.2, 0.25) is 0 Å². The molecule has 0 fully saturated rings. The Kier molecular flexibility index (Phi) is 8.77. The number of unbranched alkanes of at least 4 members (excludes halogenated alkanes) is 3. The third-order valence-corrected chi connectivity index (χ3v) is 1.81. The molecule has 0 rings (SSSR count). The van der Waals surface area contributed by atoms with Gasteiger partial charge in [-0.2, -0.15) is 0 Å². The number of nitrogens with zero attached hydrogens (tertiary/aromatic N) is 1. The molecule has 5 N–H and O–H groups in total. The van der Waals surface area contributed by atoms with E-state index in [4.69, 9.17) is 11.5 Å². The van der Waals surface area contributed by atoms with E-state index in [0.717, 1.165) is 26.1 Å². The molecule has 0 saturated heterocycles. The van der Waals surface area contributed by atoms with Gasteiger partial charge in [-0.05, 0) is 25.9 Å². The molecule has 4 heteroatoms. The van der Waals surface area contributed by atoms with Gasteiger partial charge in [-0.1, -0.05) is 19.8 Å². The van der Waals surface area contributed by atoms with Crippen molar-refractivity contribution in [2.45, 2.75) is 32.6 Å². The first-order chi connectivity index (χ1) is 6.27. The van der Waals surface area contributed by atoms with Gasteiger partial charge in [0.1, 0.15) is 0 Å². The van der Waals surface area contributed by atoms with Crippen LogP contribution < -0.4 is 16.8 Å². The minimum atomic E-state index is 0.202. The van der Waals surface area contributed by atoms with Crippen molar-refractivity contribution in [3.8, 4) is 0 Å². The summed E-state index contributed by atoms with van der Waals surface area (Å²) in [6, 6.07) is 0.